The summed E-state index contributed by atoms with van der Waals surface area (Å²) in [5.74, 6) is 1.42. The number of hydrogen-bond acceptors (Lipinski definition) is 3. The van der Waals surface area contributed by atoms with E-state index in [0.717, 1.165) is 22.3 Å². The second-order valence-corrected chi connectivity index (χ2v) is 5.90. The van der Waals surface area contributed by atoms with Crippen molar-refractivity contribution in [3.05, 3.63) is 91.1 Å². The van der Waals surface area contributed by atoms with Gasteiger partial charge in [0, 0.05) is 23.0 Å². The standard InChI is InChI=1S/C22H17N3O2/c26-22(24-16-6-2-1-3-7-16)25-17-10-12-18(13-11-17)27-21-14-15-23-20-9-5-4-8-19(20)21/h1-15H,(H2,24,25,26). The zero-order chi connectivity index (χ0) is 18.5. The molecule has 0 aliphatic carbocycles. The van der Waals surface area contributed by atoms with Gasteiger partial charge in [-0.15, -0.1) is 0 Å². The van der Waals surface area contributed by atoms with Crippen LogP contribution in [0.4, 0.5) is 16.2 Å². The quantitative estimate of drug-likeness (QED) is 0.496. The summed E-state index contributed by atoms with van der Waals surface area (Å²) in [6.45, 7) is 0. The number of benzene rings is 3. The van der Waals surface area contributed by atoms with Gasteiger partial charge in [0.2, 0.25) is 0 Å². The molecular formula is C22H17N3O2. The summed E-state index contributed by atoms with van der Waals surface area (Å²) in [4.78, 5) is 16.4. The number of carbonyl (C=O) groups excluding carboxylic acids is 1. The maximum absolute atomic E-state index is 12.0. The third-order valence-corrected chi connectivity index (χ3v) is 3.98. The summed E-state index contributed by atoms with van der Waals surface area (Å²) in [6.07, 6.45) is 1.72. The highest BCUT2D eigenvalue weighted by molar-refractivity contribution is 5.99. The topological polar surface area (TPSA) is 63.2 Å². The summed E-state index contributed by atoms with van der Waals surface area (Å²) >= 11 is 0. The lowest BCUT2D eigenvalue weighted by atomic mass is 10.2. The van der Waals surface area contributed by atoms with Gasteiger partial charge in [-0.2, -0.15) is 0 Å². The van der Waals surface area contributed by atoms with Crippen LogP contribution in [-0.4, -0.2) is 11.0 Å². The maximum Gasteiger partial charge on any atom is 0.323 e. The maximum atomic E-state index is 12.0. The predicted octanol–water partition coefficient (Wildman–Crippen LogP) is 5.67. The summed E-state index contributed by atoms with van der Waals surface area (Å²) in [5.41, 5.74) is 2.29. The van der Waals surface area contributed by atoms with Crippen LogP contribution in [0, 0.1) is 0 Å². The number of aromatic nitrogens is 1. The summed E-state index contributed by atoms with van der Waals surface area (Å²) in [5, 5.41) is 6.52. The number of para-hydroxylation sites is 2. The second kappa shape index (κ2) is 7.58. The van der Waals surface area contributed by atoms with Gasteiger partial charge in [0.15, 0.2) is 0 Å². The highest BCUT2D eigenvalue weighted by Crippen LogP contribution is 2.29. The molecule has 4 aromatic rings. The summed E-state index contributed by atoms with van der Waals surface area (Å²) in [7, 11) is 0. The SMILES string of the molecule is O=C(Nc1ccccc1)Nc1ccc(Oc2ccnc3ccccc23)cc1. The van der Waals surface area contributed by atoms with Crippen LogP contribution in [-0.2, 0) is 0 Å². The van der Waals surface area contributed by atoms with E-state index in [2.05, 4.69) is 15.6 Å². The minimum Gasteiger partial charge on any atom is -0.457 e. The number of nitrogens with zero attached hydrogens (tertiary/aromatic N) is 1. The molecule has 4 rings (SSSR count). The molecule has 0 aliphatic rings. The number of rotatable bonds is 4. The molecule has 0 radical (unpaired) electrons. The van der Waals surface area contributed by atoms with Crippen molar-refractivity contribution >= 4 is 28.3 Å². The van der Waals surface area contributed by atoms with Crippen LogP contribution in [0.1, 0.15) is 0 Å². The van der Waals surface area contributed by atoms with E-state index in [1.165, 1.54) is 0 Å². The second-order valence-electron chi connectivity index (χ2n) is 5.90. The predicted molar refractivity (Wildman–Crippen MR) is 107 cm³/mol. The molecule has 132 valence electrons. The lowest BCUT2D eigenvalue weighted by Gasteiger charge is -2.10. The van der Waals surface area contributed by atoms with Crippen molar-refractivity contribution in [3.63, 3.8) is 0 Å². The Kier molecular flexibility index (Phi) is 4.66. The minimum atomic E-state index is -0.296. The average molecular weight is 355 g/mol. The van der Waals surface area contributed by atoms with Gasteiger partial charge in [-0.05, 0) is 54.6 Å². The molecule has 5 nitrogen and oxygen atoms in total. The van der Waals surface area contributed by atoms with Crippen molar-refractivity contribution in [2.24, 2.45) is 0 Å². The molecule has 3 aromatic carbocycles. The molecule has 2 N–H and O–H groups in total. The Morgan fingerprint density at radius 2 is 1.41 bits per heavy atom. The molecule has 0 unspecified atom stereocenters. The Morgan fingerprint density at radius 1 is 0.741 bits per heavy atom. The molecular weight excluding hydrogens is 338 g/mol. The average Bonchev–Trinajstić information content (AvgIpc) is 2.70. The fourth-order valence-corrected chi connectivity index (χ4v) is 2.71. The molecule has 0 atom stereocenters. The van der Waals surface area contributed by atoms with Gasteiger partial charge in [0.1, 0.15) is 11.5 Å². The summed E-state index contributed by atoms with van der Waals surface area (Å²) < 4.78 is 5.98. The first kappa shape index (κ1) is 16.6. The van der Waals surface area contributed by atoms with Gasteiger partial charge >= 0.3 is 6.03 Å². The smallest absolute Gasteiger partial charge is 0.323 e. The van der Waals surface area contributed by atoms with Crippen molar-refractivity contribution in [2.45, 2.75) is 0 Å². The van der Waals surface area contributed by atoms with E-state index in [1.807, 2.05) is 72.8 Å². The zero-order valence-corrected chi connectivity index (χ0v) is 14.4. The highest BCUT2D eigenvalue weighted by atomic mass is 16.5. The molecule has 1 aromatic heterocycles. The van der Waals surface area contributed by atoms with Crippen LogP contribution in [0.5, 0.6) is 11.5 Å². The van der Waals surface area contributed by atoms with Crippen LogP contribution in [0.15, 0.2) is 91.1 Å². The largest absolute Gasteiger partial charge is 0.457 e. The Hall–Kier alpha value is -3.86. The van der Waals surface area contributed by atoms with Gasteiger partial charge in [-0.1, -0.05) is 30.3 Å². The lowest BCUT2D eigenvalue weighted by molar-refractivity contribution is 0.262. The summed E-state index contributed by atoms with van der Waals surface area (Å²) in [6, 6.07) is 25.9. The number of fused-ring (bicyclic) bond motifs is 1. The Bertz CT molecular complexity index is 1060. The van der Waals surface area contributed by atoms with Gasteiger partial charge in [0.05, 0.1) is 5.52 Å². The number of hydrogen-bond donors (Lipinski definition) is 2. The molecule has 0 fully saturated rings. The fraction of sp³-hybridized carbons (Fsp3) is 0. The first-order valence-electron chi connectivity index (χ1n) is 8.53. The molecule has 2 amide bonds. The number of anilines is 2. The molecule has 0 saturated heterocycles. The number of amides is 2. The van der Waals surface area contributed by atoms with E-state index in [-0.39, 0.29) is 6.03 Å². The highest BCUT2D eigenvalue weighted by Gasteiger charge is 2.05. The normalized spacial score (nSPS) is 10.4. The fourth-order valence-electron chi connectivity index (χ4n) is 2.71. The monoisotopic (exact) mass is 355 g/mol. The van der Waals surface area contributed by atoms with Gasteiger partial charge < -0.3 is 15.4 Å². The van der Waals surface area contributed by atoms with E-state index in [0.29, 0.717) is 11.4 Å². The lowest BCUT2D eigenvalue weighted by Crippen LogP contribution is -2.19. The van der Waals surface area contributed by atoms with Crippen molar-refractivity contribution in [3.8, 4) is 11.5 Å². The third kappa shape index (κ3) is 4.04. The van der Waals surface area contributed by atoms with Crippen molar-refractivity contribution in [2.75, 3.05) is 10.6 Å². The third-order valence-electron chi connectivity index (χ3n) is 3.98. The van der Waals surface area contributed by atoms with Gasteiger partial charge in [-0.25, -0.2) is 4.79 Å². The number of carbonyl (C=O) groups is 1. The molecule has 0 spiro atoms. The van der Waals surface area contributed by atoms with Crippen LogP contribution in [0.3, 0.4) is 0 Å². The van der Waals surface area contributed by atoms with Gasteiger partial charge in [0.25, 0.3) is 0 Å². The number of ether oxygens (including phenoxy) is 1. The molecule has 0 bridgehead atoms. The Balaban J connectivity index is 1.43. The molecule has 1 heterocycles. The molecule has 0 saturated carbocycles. The van der Waals surface area contributed by atoms with E-state index in [4.69, 9.17) is 4.74 Å². The van der Waals surface area contributed by atoms with Crippen LogP contribution in [0.2, 0.25) is 0 Å². The van der Waals surface area contributed by atoms with Crippen LogP contribution < -0.4 is 15.4 Å². The number of urea groups is 1. The van der Waals surface area contributed by atoms with E-state index in [9.17, 15) is 4.79 Å². The van der Waals surface area contributed by atoms with E-state index in [1.54, 1.807) is 18.3 Å². The number of nitrogens with one attached hydrogen (secondary N) is 2. The number of pyridine rings is 1. The zero-order valence-electron chi connectivity index (χ0n) is 14.4. The Labute approximate surface area is 156 Å². The van der Waals surface area contributed by atoms with Crippen molar-refractivity contribution in [1.82, 2.24) is 4.98 Å². The molecule has 27 heavy (non-hydrogen) atoms. The molecule has 0 aliphatic heterocycles. The van der Waals surface area contributed by atoms with E-state index < -0.39 is 0 Å². The van der Waals surface area contributed by atoms with Crippen molar-refractivity contribution in [1.29, 1.82) is 0 Å². The first-order chi connectivity index (χ1) is 13.3. The Morgan fingerprint density at radius 3 is 2.19 bits per heavy atom. The van der Waals surface area contributed by atoms with Crippen molar-refractivity contribution < 1.29 is 9.53 Å². The first-order valence-corrected chi connectivity index (χ1v) is 8.53. The van der Waals surface area contributed by atoms with E-state index >= 15 is 0 Å². The minimum absolute atomic E-state index is 0.296. The van der Waals surface area contributed by atoms with Gasteiger partial charge in [-0.3, -0.25) is 4.98 Å². The van der Waals surface area contributed by atoms with Crippen LogP contribution >= 0.6 is 0 Å². The molecule has 5 heteroatoms. The van der Waals surface area contributed by atoms with Crippen LogP contribution in [0.25, 0.3) is 10.9 Å².